The van der Waals surface area contributed by atoms with Crippen LogP contribution in [0.25, 0.3) is 0 Å². The van der Waals surface area contributed by atoms with Crippen molar-refractivity contribution < 1.29 is 4.79 Å². The molecule has 0 radical (unpaired) electrons. The maximum atomic E-state index is 13.0. The van der Waals surface area contributed by atoms with Crippen LogP contribution in [0, 0.1) is 0 Å². The van der Waals surface area contributed by atoms with Gasteiger partial charge in [-0.05, 0) is 74.1 Å². The van der Waals surface area contributed by atoms with Crippen molar-refractivity contribution in [3.63, 3.8) is 0 Å². The van der Waals surface area contributed by atoms with E-state index in [1.807, 2.05) is 17.0 Å². The van der Waals surface area contributed by atoms with Crippen LogP contribution in [0.3, 0.4) is 0 Å². The summed E-state index contributed by atoms with van der Waals surface area (Å²) in [6.45, 7) is 9.30. The minimum absolute atomic E-state index is 0.0768. The van der Waals surface area contributed by atoms with Crippen molar-refractivity contribution in [2.75, 3.05) is 23.3 Å². The summed E-state index contributed by atoms with van der Waals surface area (Å²) in [5, 5.41) is 3.67. The van der Waals surface area contributed by atoms with Crippen molar-refractivity contribution in [1.29, 1.82) is 0 Å². The first-order chi connectivity index (χ1) is 14.0. The molecule has 0 spiro atoms. The normalized spacial score (nSPS) is 14.3. The van der Waals surface area contributed by atoms with Gasteiger partial charge in [0.2, 0.25) is 0 Å². The molecule has 29 heavy (non-hydrogen) atoms. The molecule has 156 valence electrons. The summed E-state index contributed by atoms with van der Waals surface area (Å²) in [6.07, 6.45) is 4.38. The van der Waals surface area contributed by atoms with Gasteiger partial charge in [0, 0.05) is 42.1 Å². The molecular formula is C24H32ClN3O. The van der Waals surface area contributed by atoms with Crippen molar-refractivity contribution >= 4 is 29.0 Å². The Morgan fingerprint density at radius 1 is 1.21 bits per heavy atom. The molecule has 3 rings (SSSR count). The zero-order valence-corrected chi connectivity index (χ0v) is 18.5. The number of carbonyl (C=O) groups excluding carboxylic acids is 1. The topological polar surface area (TPSA) is 35.6 Å². The maximum Gasteiger partial charge on any atom is 0.322 e. The molecule has 1 unspecified atom stereocenters. The number of hydrogen-bond acceptors (Lipinski definition) is 2. The Kier molecular flexibility index (Phi) is 7.43. The van der Waals surface area contributed by atoms with Gasteiger partial charge in [0.05, 0.1) is 0 Å². The highest BCUT2D eigenvalue weighted by Gasteiger charge is 2.21. The molecule has 0 aliphatic carbocycles. The van der Waals surface area contributed by atoms with E-state index < -0.39 is 0 Å². The van der Waals surface area contributed by atoms with Gasteiger partial charge < -0.3 is 15.1 Å². The highest BCUT2D eigenvalue weighted by molar-refractivity contribution is 6.30. The van der Waals surface area contributed by atoms with E-state index in [0.717, 1.165) is 38.0 Å². The van der Waals surface area contributed by atoms with Gasteiger partial charge in [0.15, 0.2) is 0 Å². The molecular weight excluding hydrogens is 382 g/mol. The number of anilines is 2. The van der Waals surface area contributed by atoms with E-state index in [2.05, 4.69) is 49.2 Å². The molecule has 1 heterocycles. The average Bonchev–Trinajstić information content (AvgIpc) is 2.73. The third-order valence-electron chi connectivity index (χ3n) is 5.68. The standard InChI is InChI=1S/C24H32ClN3O/c1-4-14-27-15-6-7-20-16-19(8-13-23(20)27)17-28(18(3)5-2)24(29)26-22-11-9-21(25)10-12-22/h8-13,16,18H,4-7,14-15,17H2,1-3H3,(H,26,29). The quantitative estimate of drug-likeness (QED) is 0.575. The Morgan fingerprint density at radius 3 is 2.66 bits per heavy atom. The van der Waals surface area contributed by atoms with Gasteiger partial charge in [0.25, 0.3) is 0 Å². The van der Waals surface area contributed by atoms with E-state index in [4.69, 9.17) is 11.6 Å². The second kappa shape index (κ2) is 10.0. The Hall–Kier alpha value is -2.20. The second-order valence-electron chi connectivity index (χ2n) is 7.88. The van der Waals surface area contributed by atoms with Gasteiger partial charge in [-0.2, -0.15) is 0 Å². The number of halogens is 1. The first kappa shape index (κ1) is 21.5. The van der Waals surface area contributed by atoms with Crippen LogP contribution >= 0.6 is 11.6 Å². The van der Waals surface area contributed by atoms with Crippen molar-refractivity contribution in [2.45, 2.75) is 59.0 Å². The van der Waals surface area contributed by atoms with E-state index in [0.29, 0.717) is 11.6 Å². The summed E-state index contributed by atoms with van der Waals surface area (Å²) in [6, 6.07) is 14.0. The number of fused-ring (bicyclic) bond motifs is 1. The Bertz CT molecular complexity index is 821. The van der Waals surface area contributed by atoms with Crippen molar-refractivity contribution in [1.82, 2.24) is 4.90 Å². The number of nitrogens with zero attached hydrogens (tertiary/aromatic N) is 2. The van der Waals surface area contributed by atoms with Crippen LogP contribution in [0.5, 0.6) is 0 Å². The zero-order chi connectivity index (χ0) is 20.8. The number of amides is 2. The van der Waals surface area contributed by atoms with Crippen LogP contribution in [0.2, 0.25) is 5.02 Å². The van der Waals surface area contributed by atoms with E-state index in [1.165, 1.54) is 23.2 Å². The molecule has 1 aliphatic heterocycles. The van der Waals surface area contributed by atoms with Crippen LogP contribution in [-0.2, 0) is 13.0 Å². The lowest BCUT2D eigenvalue weighted by atomic mass is 9.98. The molecule has 0 saturated heterocycles. The lowest BCUT2D eigenvalue weighted by molar-refractivity contribution is 0.187. The molecule has 5 heteroatoms. The number of nitrogens with one attached hydrogen (secondary N) is 1. The Balaban J connectivity index is 1.76. The fourth-order valence-corrected chi connectivity index (χ4v) is 4.03. The molecule has 1 aliphatic rings. The van der Waals surface area contributed by atoms with Crippen LogP contribution in [0.4, 0.5) is 16.2 Å². The zero-order valence-electron chi connectivity index (χ0n) is 17.7. The van der Waals surface area contributed by atoms with E-state index in [1.54, 1.807) is 12.1 Å². The third kappa shape index (κ3) is 5.45. The summed E-state index contributed by atoms with van der Waals surface area (Å²) < 4.78 is 0. The predicted octanol–water partition coefficient (Wildman–Crippen LogP) is 6.34. The van der Waals surface area contributed by atoms with Crippen molar-refractivity contribution in [2.24, 2.45) is 0 Å². The molecule has 2 aromatic rings. The first-order valence-corrected chi connectivity index (χ1v) is 11.1. The number of carbonyl (C=O) groups is 1. The fourth-order valence-electron chi connectivity index (χ4n) is 3.90. The Morgan fingerprint density at radius 2 is 1.97 bits per heavy atom. The number of urea groups is 1. The van der Waals surface area contributed by atoms with Gasteiger partial charge in [0.1, 0.15) is 0 Å². The number of benzene rings is 2. The molecule has 2 aromatic carbocycles. The highest BCUT2D eigenvalue weighted by Crippen LogP contribution is 2.29. The predicted molar refractivity (Wildman–Crippen MR) is 123 cm³/mol. The SMILES string of the molecule is CCCN1CCCc2cc(CN(C(=O)Nc3ccc(Cl)cc3)C(C)CC)ccc21. The summed E-state index contributed by atoms with van der Waals surface area (Å²) in [5.41, 5.74) is 4.72. The summed E-state index contributed by atoms with van der Waals surface area (Å²) in [5.74, 6) is 0. The maximum absolute atomic E-state index is 13.0. The molecule has 0 aromatic heterocycles. The largest absolute Gasteiger partial charge is 0.371 e. The minimum Gasteiger partial charge on any atom is -0.371 e. The van der Waals surface area contributed by atoms with Crippen LogP contribution in [0.15, 0.2) is 42.5 Å². The van der Waals surface area contributed by atoms with E-state index in [-0.39, 0.29) is 12.1 Å². The molecule has 1 atom stereocenters. The smallest absolute Gasteiger partial charge is 0.322 e. The Labute approximate surface area is 179 Å². The average molecular weight is 414 g/mol. The summed E-state index contributed by atoms with van der Waals surface area (Å²) in [4.78, 5) is 17.4. The number of rotatable bonds is 7. The second-order valence-corrected chi connectivity index (χ2v) is 8.31. The lowest BCUT2D eigenvalue weighted by Crippen LogP contribution is -2.40. The molecule has 4 nitrogen and oxygen atoms in total. The molecule has 1 N–H and O–H groups in total. The van der Waals surface area contributed by atoms with E-state index >= 15 is 0 Å². The summed E-state index contributed by atoms with van der Waals surface area (Å²) in [7, 11) is 0. The van der Waals surface area contributed by atoms with Crippen LogP contribution < -0.4 is 10.2 Å². The third-order valence-corrected chi connectivity index (χ3v) is 5.94. The monoisotopic (exact) mass is 413 g/mol. The van der Waals surface area contributed by atoms with E-state index in [9.17, 15) is 4.79 Å². The van der Waals surface area contributed by atoms with Gasteiger partial charge >= 0.3 is 6.03 Å². The van der Waals surface area contributed by atoms with Gasteiger partial charge in [-0.1, -0.05) is 37.6 Å². The first-order valence-electron chi connectivity index (χ1n) is 10.7. The molecule has 2 amide bonds. The number of aryl methyl sites for hydroxylation is 1. The van der Waals surface area contributed by atoms with Gasteiger partial charge in [-0.25, -0.2) is 4.79 Å². The summed E-state index contributed by atoms with van der Waals surface area (Å²) >= 11 is 5.95. The minimum atomic E-state index is -0.0768. The lowest BCUT2D eigenvalue weighted by Gasteiger charge is -2.32. The van der Waals surface area contributed by atoms with Crippen LogP contribution in [-0.4, -0.2) is 30.1 Å². The highest BCUT2D eigenvalue weighted by atomic mass is 35.5. The fraction of sp³-hybridized carbons (Fsp3) is 0.458. The number of hydrogen-bond donors (Lipinski definition) is 1. The molecule has 0 fully saturated rings. The molecule has 0 bridgehead atoms. The molecule has 0 saturated carbocycles. The van der Waals surface area contributed by atoms with Crippen molar-refractivity contribution in [3.05, 3.63) is 58.6 Å². The van der Waals surface area contributed by atoms with Crippen LogP contribution in [0.1, 0.15) is 51.2 Å². The van der Waals surface area contributed by atoms with Gasteiger partial charge in [-0.3, -0.25) is 0 Å². The van der Waals surface area contributed by atoms with Crippen molar-refractivity contribution in [3.8, 4) is 0 Å². The van der Waals surface area contributed by atoms with Gasteiger partial charge in [-0.15, -0.1) is 0 Å².